The highest BCUT2D eigenvalue weighted by Gasteiger charge is 2.15. The molecule has 2 aromatic heterocycles. The Kier molecular flexibility index (Phi) is 3.92. The van der Waals surface area contributed by atoms with Crippen molar-refractivity contribution in [2.24, 2.45) is 0 Å². The minimum absolute atomic E-state index is 0.0305. The second-order valence-corrected chi connectivity index (χ2v) is 5.38. The van der Waals surface area contributed by atoms with Gasteiger partial charge in [-0.15, -0.1) is 5.10 Å². The number of anilines is 1. The Morgan fingerprint density at radius 3 is 2.65 bits per heavy atom. The molecule has 0 atom stereocenters. The van der Waals surface area contributed by atoms with Crippen LogP contribution in [0, 0.1) is 20.8 Å². The molecular weight excluding hydrogens is 296 g/mol. The van der Waals surface area contributed by atoms with Crippen molar-refractivity contribution >= 4 is 11.9 Å². The van der Waals surface area contributed by atoms with Crippen LogP contribution in [0.3, 0.4) is 0 Å². The summed E-state index contributed by atoms with van der Waals surface area (Å²) in [6.45, 7) is 5.84. The molecule has 7 heteroatoms. The van der Waals surface area contributed by atoms with Gasteiger partial charge in [0, 0.05) is 6.07 Å². The largest absolute Gasteiger partial charge is 0.407 e. The second kappa shape index (κ2) is 6.04. The fourth-order valence-electron chi connectivity index (χ4n) is 2.09. The molecule has 0 aliphatic rings. The van der Waals surface area contributed by atoms with E-state index in [4.69, 9.17) is 8.94 Å². The van der Waals surface area contributed by atoms with Gasteiger partial charge in [0.25, 0.3) is 5.91 Å². The first kappa shape index (κ1) is 15.0. The van der Waals surface area contributed by atoms with Crippen LogP contribution in [-0.2, 0) is 6.42 Å². The predicted molar refractivity (Wildman–Crippen MR) is 82.2 cm³/mol. The van der Waals surface area contributed by atoms with Crippen molar-refractivity contribution in [2.45, 2.75) is 27.2 Å². The molecule has 3 aromatic rings. The number of carbonyl (C=O) groups is 1. The van der Waals surface area contributed by atoms with E-state index in [1.807, 2.05) is 6.07 Å². The SMILES string of the molecule is Cc1cc(C(=O)Nc2nnc(Cc3ccc(C)c(C)c3)o2)on1. The van der Waals surface area contributed by atoms with E-state index in [9.17, 15) is 4.79 Å². The van der Waals surface area contributed by atoms with E-state index in [1.165, 1.54) is 17.2 Å². The Balaban J connectivity index is 1.68. The van der Waals surface area contributed by atoms with E-state index >= 15 is 0 Å². The zero-order valence-corrected chi connectivity index (χ0v) is 13.1. The van der Waals surface area contributed by atoms with Gasteiger partial charge in [-0.05, 0) is 37.5 Å². The Labute approximate surface area is 132 Å². The standard InChI is InChI=1S/C16H16N4O3/c1-9-4-5-12(6-10(9)2)8-14-18-19-16(22-14)17-15(21)13-7-11(3)20-23-13/h4-7H,8H2,1-3H3,(H,17,19,21). The summed E-state index contributed by atoms with van der Waals surface area (Å²) in [6, 6.07) is 7.71. The van der Waals surface area contributed by atoms with E-state index in [0.717, 1.165) is 5.56 Å². The van der Waals surface area contributed by atoms with Crippen molar-refractivity contribution in [1.29, 1.82) is 0 Å². The third-order valence-corrected chi connectivity index (χ3v) is 3.47. The average Bonchev–Trinajstić information content (AvgIpc) is 3.12. The first-order valence-corrected chi connectivity index (χ1v) is 7.14. The van der Waals surface area contributed by atoms with Crippen LogP contribution < -0.4 is 5.32 Å². The molecule has 0 aliphatic heterocycles. The summed E-state index contributed by atoms with van der Waals surface area (Å²) < 4.78 is 10.3. The van der Waals surface area contributed by atoms with E-state index in [-0.39, 0.29) is 11.8 Å². The lowest BCUT2D eigenvalue weighted by atomic mass is 10.0. The van der Waals surface area contributed by atoms with Gasteiger partial charge in [0.2, 0.25) is 11.7 Å². The maximum absolute atomic E-state index is 11.9. The molecule has 2 heterocycles. The Hall–Kier alpha value is -2.96. The quantitative estimate of drug-likeness (QED) is 0.796. The number of hydrogen-bond acceptors (Lipinski definition) is 6. The fraction of sp³-hybridized carbons (Fsp3) is 0.250. The molecule has 1 N–H and O–H groups in total. The zero-order chi connectivity index (χ0) is 16.4. The van der Waals surface area contributed by atoms with Crippen LogP contribution in [0.15, 0.2) is 33.2 Å². The van der Waals surface area contributed by atoms with Gasteiger partial charge >= 0.3 is 6.01 Å². The first-order chi connectivity index (χ1) is 11.0. The maximum Gasteiger partial charge on any atom is 0.322 e. The monoisotopic (exact) mass is 312 g/mol. The third kappa shape index (κ3) is 3.45. The molecule has 0 fully saturated rings. The third-order valence-electron chi connectivity index (χ3n) is 3.47. The summed E-state index contributed by atoms with van der Waals surface area (Å²) in [4.78, 5) is 11.9. The first-order valence-electron chi connectivity index (χ1n) is 7.14. The number of nitrogens with one attached hydrogen (secondary N) is 1. The highest BCUT2D eigenvalue weighted by Crippen LogP contribution is 2.15. The van der Waals surface area contributed by atoms with Crippen LogP contribution in [0.25, 0.3) is 0 Å². The molecule has 0 saturated heterocycles. The summed E-state index contributed by atoms with van der Waals surface area (Å²) in [5.41, 5.74) is 4.13. The lowest BCUT2D eigenvalue weighted by Gasteiger charge is -2.02. The topological polar surface area (TPSA) is 94.1 Å². The summed E-state index contributed by atoms with van der Waals surface area (Å²) in [5, 5.41) is 13.9. The molecular formula is C16H16N4O3. The number of rotatable bonds is 4. The Bertz CT molecular complexity index is 851. The van der Waals surface area contributed by atoms with E-state index in [2.05, 4.69) is 46.7 Å². The highest BCUT2D eigenvalue weighted by atomic mass is 16.5. The number of aryl methyl sites for hydroxylation is 3. The predicted octanol–water partition coefficient (Wildman–Crippen LogP) is 2.83. The molecule has 1 aromatic carbocycles. The van der Waals surface area contributed by atoms with E-state index in [1.54, 1.807) is 6.92 Å². The van der Waals surface area contributed by atoms with Crippen molar-refractivity contribution in [3.63, 3.8) is 0 Å². The lowest BCUT2D eigenvalue weighted by Crippen LogP contribution is -2.11. The fourth-order valence-corrected chi connectivity index (χ4v) is 2.09. The molecule has 0 saturated carbocycles. The zero-order valence-electron chi connectivity index (χ0n) is 13.1. The van der Waals surface area contributed by atoms with Crippen molar-refractivity contribution in [3.8, 4) is 0 Å². The van der Waals surface area contributed by atoms with Crippen molar-refractivity contribution in [3.05, 3.63) is 58.3 Å². The van der Waals surface area contributed by atoms with Gasteiger partial charge in [-0.1, -0.05) is 28.5 Å². The summed E-state index contributed by atoms with van der Waals surface area (Å²) in [7, 11) is 0. The summed E-state index contributed by atoms with van der Waals surface area (Å²) >= 11 is 0. The molecule has 118 valence electrons. The Morgan fingerprint density at radius 2 is 1.96 bits per heavy atom. The number of aromatic nitrogens is 3. The van der Waals surface area contributed by atoms with Gasteiger partial charge < -0.3 is 8.94 Å². The van der Waals surface area contributed by atoms with Crippen LogP contribution in [0.1, 0.15) is 38.8 Å². The average molecular weight is 312 g/mol. The number of amides is 1. The molecule has 0 unspecified atom stereocenters. The van der Waals surface area contributed by atoms with Crippen molar-refractivity contribution < 1.29 is 13.7 Å². The van der Waals surface area contributed by atoms with Crippen LogP contribution in [0.4, 0.5) is 6.01 Å². The minimum atomic E-state index is -0.480. The van der Waals surface area contributed by atoms with Gasteiger partial charge in [-0.25, -0.2) is 0 Å². The van der Waals surface area contributed by atoms with Crippen LogP contribution >= 0.6 is 0 Å². The number of nitrogens with zero attached hydrogens (tertiary/aromatic N) is 3. The Morgan fingerprint density at radius 1 is 1.13 bits per heavy atom. The van der Waals surface area contributed by atoms with Crippen molar-refractivity contribution in [2.75, 3.05) is 5.32 Å². The summed E-state index contributed by atoms with van der Waals surface area (Å²) in [6.07, 6.45) is 0.505. The minimum Gasteiger partial charge on any atom is -0.407 e. The van der Waals surface area contributed by atoms with Gasteiger partial charge in [-0.3, -0.25) is 10.1 Å². The molecule has 0 bridgehead atoms. The van der Waals surface area contributed by atoms with Crippen LogP contribution in [0.2, 0.25) is 0 Å². The highest BCUT2D eigenvalue weighted by molar-refractivity contribution is 6.00. The molecule has 0 radical (unpaired) electrons. The normalized spacial score (nSPS) is 10.7. The second-order valence-electron chi connectivity index (χ2n) is 5.38. The maximum atomic E-state index is 11.9. The van der Waals surface area contributed by atoms with Crippen LogP contribution in [-0.4, -0.2) is 21.3 Å². The smallest absolute Gasteiger partial charge is 0.322 e. The summed E-state index contributed by atoms with van der Waals surface area (Å²) in [5.74, 6) is 0.0423. The molecule has 0 spiro atoms. The molecule has 23 heavy (non-hydrogen) atoms. The van der Waals surface area contributed by atoms with Gasteiger partial charge in [0.05, 0.1) is 12.1 Å². The van der Waals surface area contributed by atoms with Gasteiger partial charge in [0.15, 0.2) is 0 Å². The number of benzene rings is 1. The van der Waals surface area contributed by atoms with Crippen LogP contribution in [0.5, 0.6) is 0 Å². The van der Waals surface area contributed by atoms with E-state index in [0.29, 0.717) is 18.0 Å². The number of carbonyl (C=O) groups excluding carboxylic acids is 1. The molecule has 3 rings (SSSR count). The molecule has 7 nitrogen and oxygen atoms in total. The van der Waals surface area contributed by atoms with Gasteiger partial charge in [0.1, 0.15) is 0 Å². The van der Waals surface area contributed by atoms with Crippen molar-refractivity contribution in [1.82, 2.24) is 15.4 Å². The number of hydrogen-bond donors (Lipinski definition) is 1. The lowest BCUT2D eigenvalue weighted by molar-refractivity contribution is 0.0985. The van der Waals surface area contributed by atoms with E-state index < -0.39 is 5.91 Å². The molecule has 1 amide bonds. The molecule has 0 aliphatic carbocycles. The van der Waals surface area contributed by atoms with Gasteiger partial charge in [-0.2, -0.15) is 0 Å².